The highest BCUT2D eigenvalue weighted by Crippen LogP contribution is 2.31. The summed E-state index contributed by atoms with van der Waals surface area (Å²) >= 11 is 0. The number of carbonyl (C=O) groups is 3. The fourth-order valence-corrected chi connectivity index (χ4v) is 11.6. The Bertz CT molecular complexity index is 1420. The van der Waals surface area contributed by atoms with E-state index in [4.69, 9.17) is 33.2 Å². The minimum absolute atomic E-state index is 0.0521. The highest BCUT2D eigenvalue weighted by Gasteiger charge is 2.40. The molecular weight excluding hydrogens is 1030 g/mol. The van der Waals surface area contributed by atoms with Gasteiger partial charge in [0, 0.05) is 25.9 Å². The van der Waals surface area contributed by atoms with E-state index in [1.54, 1.807) is 0 Å². The lowest BCUT2D eigenvalue weighted by atomic mass is 9.92. The number of rotatable bonds is 64. The molecule has 82 heavy (non-hydrogen) atoms. The number of aliphatic hydroxyl groups excluding tert-OH is 1. The summed E-state index contributed by atoms with van der Waals surface area (Å²) in [6.45, 7) is 16.5. The van der Waals surface area contributed by atoms with Crippen molar-refractivity contribution in [3.63, 3.8) is 0 Å². The van der Waals surface area contributed by atoms with Crippen LogP contribution in [0.2, 0.25) is 0 Å². The van der Waals surface area contributed by atoms with E-state index in [-0.39, 0.29) is 24.5 Å². The van der Waals surface area contributed by atoms with E-state index in [0.29, 0.717) is 88.2 Å². The standard InChI is InChI=1S/C71H134O11/c1-7-13-31-43-62(44-32-14-8-2)52-58-76-66(73)49-37-25-19-22-28-40-55-79-69-65(61-72)82-71(81-57-42-30-24-21-27-39-51-68(75)78-60-54-64(47-35-17-11-5)48-36-18-12-6)70(69)80-56-41-29-23-20-26-38-50-67(74)77-59-53-63(45-33-15-9-3)46-34-16-10-4/h62-64,70-72H,7-61H2,1-6H3/t70?,71-/m1/s1. The molecule has 1 aliphatic heterocycles. The number of aliphatic hydroxyl groups is 1. The van der Waals surface area contributed by atoms with E-state index in [9.17, 15) is 19.5 Å². The van der Waals surface area contributed by atoms with Gasteiger partial charge in [-0.05, 0) is 75.5 Å². The zero-order valence-corrected chi connectivity index (χ0v) is 54.8. The third-order valence-corrected chi connectivity index (χ3v) is 17.0. The molecule has 1 heterocycles. The van der Waals surface area contributed by atoms with Gasteiger partial charge in [-0.1, -0.05) is 273 Å². The van der Waals surface area contributed by atoms with Crippen LogP contribution in [0.1, 0.15) is 350 Å². The van der Waals surface area contributed by atoms with Crippen LogP contribution in [-0.2, 0) is 47.5 Å². The second-order valence-electron chi connectivity index (χ2n) is 24.7. The topological polar surface area (TPSA) is 136 Å². The van der Waals surface area contributed by atoms with Crippen molar-refractivity contribution in [3.05, 3.63) is 11.5 Å². The molecule has 0 saturated heterocycles. The molecule has 2 atom stereocenters. The van der Waals surface area contributed by atoms with Gasteiger partial charge in [0.25, 0.3) is 0 Å². The Morgan fingerprint density at radius 1 is 0.354 bits per heavy atom. The first-order chi connectivity index (χ1) is 40.3. The van der Waals surface area contributed by atoms with Gasteiger partial charge in [-0.25, -0.2) is 0 Å². The Balaban J connectivity index is 2.53. The lowest BCUT2D eigenvalue weighted by Gasteiger charge is -2.22. The molecule has 0 spiro atoms. The highest BCUT2D eigenvalue weighted by atomic mass is 16.7. The van der Waals surface area contributed by atoms with Crippen LogP contribution in [0.15, 0.2) is 11.5 Å². The quantitative estimate of drug-likeness (QED) is 0.0354. The summed E-state index contributed by atoms with van der Waals surface area (Å²) in [6.07, 6.45) is 51.4. The first-order valence-corrected chi connectivity index (χ1v) is 35.6. The van der Waals surface area contributed by atoms with Gasteiger partial charge in [0.05, 0.1) is 33.0 Å². The van der Waals surface area contributed by atoms with E-state index in [0.717, 1.165) is 135 Å². The number of hydrogen-bond donors (Lipinski definition) is 1. The average Bonchev–Trinajstić information content (AvgIpc) is 4.07. The Hall–Kier alpha value is -2.37. The summed E-state index contributed by atoms with van der Waals surface area (Å²) < 4.78 is 42.4. The summed E-state index contributed by atoms with van der Waals surface area (Å²) in [5, 5.41) is 10.4. The SMILES string of the molecule is CCCCCC(CCCCC)CCOC(=O)CCCCCCCCOC1=C(CO)O[C@@H](OCCCCCCCCC(=O)OCCC(CCCCC)CCCCC)C1OCCCCCCCCC(=O)OCCC(CCCCC)CCCCC. The summed E-state index contributed by atoms with van der Waals surface area (Å²) in [5.41, 5.74) is 0. The second-order valence-corrected chi connectivity index (χ2v) is 24.7. The molecule has 0 aromatic heterocycles. The van der Waals surface area contributed by atoms with E-state index >= 15 is 0 Å². The molecule has 11 nitrogen and oxygen atoms in total. The van der Waals surface area contributed by atoms with Crippen LogP contribution in [0, 0.1) is 17.8 Å². The molecule has 0 aromatic rings. The van der Waals surface area contributed by atoms with Gasteiger partial charge in [-0.15, -0.1) is 0 Å². The van der Waals surface area contributed by atoms with Gasteiger partial charge in [-0.3, -0.25) is 14.4 Å². The van der Waals surface area contributed by atoms with Gasteiger partial charge in [0.1, 0.15) is 6.61 Å². The van der Waals surface area contributed by atoms with Gasteiger partial charge in [-0.2, -0.15) is 0 Å². The lowest BCUT2D eigenvalue weighted by molar-refractivity contribution is -0.167. The summed E-state index contributed by atoms with van der Waals surface area (Å²) in [5.74, 6) is 2.80. The molecule has 1 N–H and O–H groups in total. The number of esters is 3. The molecule has 1 unspecified atom stereocenters. The molecule has 0 bridgehead atoms. The molecule has 1 rings (SSSR count). The van der Waals surface area contributed by atoms with E-state index in [2.05, 4.69) is 41.5 Å². The van der Waals surface area contributed by atoms with Crippen molar-refractivity contribution in [3.8, 4) is 0 Å². The minimum atomic E-state index is -0.677. The predicted octanol–water partition coefficient (Wildman–Crippen LogP) is 20.3. The largest absolute Gasteiger partial charge is 0.491 e. The van der Waals surface area contributed by atoms with Crippen molar-refractivity contribution in [2.75, 3.05) is 46.2 Å². The zero-order chi connectivity index (χ0) is 59.6. The number of hydrogen-bond acceptors (Lipinski definition) is 11. The van der Waals surface area contributed by atoms with Gasteiger partial charge in [0.15, 0.2) is 17.6 Å². The van der Waals surface area contributed by atoms with Crippen LogP contribution in [0.5, 0.6) is 0 Å². The fourth-order valence-electron chi connectivity index (χ4n) is 11.6. The maximum Gasteiger partial charge on any atom is 0.305 e. The van der Waals surface area contributed by atoms with Crippen LogP contribution in [0.3, 0.4) is 0 Å². The smallest absolute Gasteiger partial charge is 0.305 e. The van der Waals surface area contributed by atoms with Crippen LogP contribution in [-0.4, -0.2) is 81.7 Å². The van der Waals surface area contributed by atoms with Gasteiger partial charge < -0.3 is 38.3 Å². The maximum absolute atomic E-state index is 12.5. The number of ether oxygens (including phenoxy) is 7. The number of unbranched alkanes of at least 4 members (excludes halogenated alkanes) is 27. The van der Waals surface area contributed by atoms with Crippen molar-refractivity contribution in [2.24, 2.45) is 17.8 Å². The Morgan fingerprint density at radius 2 is 0.646 bits per heavy atom. The third kappa shape index (κ3) is 45.9. The lowest BCUT2D eigenvalue weighted by Crippen LogP contribution is -2.31. The van der Waals surface area contributed by atoms with E-state index < -0.39 is 12.4 Å². The van der Waals surface area contributed by atoms with Crippen LogP contribution < -0.4 is 0 Å². The zero-order valence-electron chi connectivity index (χ0n) is 54.8. The summed E-state index contributed by atoms with van der Waals surface area (Å²) in [6, 6.07) is 0. The van der Waals surface area contributed by atoms with E-state index in [1.165, 1.54) is 154 Å². The second kappa shape index (κ2) is 59.0. The molecule has 0 radical (unpaired) electrons. The summed E-state index contributed by atoms with van der Waals surface area (Å²) in [7, 11) is 0. The van der Waals surface area contributed by atoms with Gasteiger partial charge >= 0.3 is 17.9 Å². The van der Waals surface area contributed by atoms with Crippen molar-refractivity contribution >= 4 is 17.9 Å². The third-order valence-electron chi connectivity index (χ3n) is 17.0. The Kier molecular flexibility index (Phi) is 55.9. The fraction of sp³-hybridized carbons (Fsp3) is 0.930. The van der Waals surface area contributed by atoms with Crippen LogP contribution in [0.4, 0.5) is 0 Å². The Labute approximate surface area is 506 Å². The first-order valence-electron chi connectivity index (χ1n) is 35.6. The van der Waals surface area contributed by atoms with Crippen molar-refractivity contribution in [1.29, 1.82) is 0 Å². The van der Waals surface area contributed by atoms with Gasteiger partial charge in [0.2, 0.25) is 6.29 Å². The first kappa shape index (κ1) is 77.6. The average molecular weight is 1160 g/mol. The highest BCUT2D eigenvalue weighted by molar-refractivity contribution is 5.69. The molecule has 0 fully saturated rings. The van der Waals surface area contributed by atoms with Crippen molar-refractivity contribution < 1.29 is 52.6 Å². The maximum atomic E-state index is 12.5. The van der Waals surface area contributed by atoms with Crippen molar-refractivity contribution in [1.82, 2.24) is 0 Å². The minimum Gasteiger partial charge on any atom is -0.491 e. The van der Waals surface area contributed by atoms with Crippen molar-refractivity contribution in [2.45, 2.75) is 362 Å². The van der Waals surface area contributed by atoms with Crippen LogP contribution >= 0.6 is 0 Å². The predicted molar refractivity (Wildman–Crippen MR) is 340 cm³/mol. The monoisotopic (exact) mass is 1160 g/mol. The normalized spacial score (nSPS) is 14.4. The number of carbonyl (C=O) groups excluding carboxylic acids is 3. The molecule has 0 saturated carbocycles. The molecular formula is C71H134O11. The molecule has 0 aliphatic carbocycles. The molecule has 1 aliphatic rings. The summed E-state index contributed by atoms with van der Waals surface area (Å²) in [4.78, 5) is 37.6. The van der Waals surface area contributed by atoms with E-state index in [1.807, 2.05) is 0 Å². The molecule has 484 valence electrons. The molecule has 0 aromatic carbocycles. The molecule has 0 amide bonds. The molecule has 11 heteroatoms. The van der Waals surface area contributed by atoms with Crippen LogP contribution in [0.25, 0.3) is 0 Å². The Morgan fingerprint density at radius 3 is 0.963 bits per heavy atom.